The van der Waals surface area contributed by atoms with Crippen molar-refractivity contribution < 1.29 is 0 Å². The second kappa shape index (κ2) is 3.97. The van der Waals surface area contributed by atoms with Crippen molar-refractivity contribution in [1.82, 2.24) is 15.5 Å². The summed E-state index contributed by atoms with van der Waals surface area (Å²) >= 11 is 0. The molecular weight excluding hydrogens is 186 g/mol. The Hall–Kier alpha value is -0.830. The van der Waals surface area contributed by atoms with Gasteiger partial charge in [-0.25, -0.2) is 0 Å². The average Bonchev–Trinajstić information content (AvgIpc) is 2.67. The summed E-state index contributed by atoms with van der Waals surface area (Å²) < 4.78 is 0. The Labute approximate surface area is 91.7 Å². The van der Waals surface area contributed by atoms with Gasteiger partial charge in [-0.2, -0.15) is 5.10 Å². The van der Waals surface area contributed by atoms with Crippen LogP contribution in [-0.4, -0.2) is 23.3 Å². The predicted octanol–water partition coefficient (Wildman–Crippen LogP) is 2.17. The first-order valence-corrected chi connectivity index (χ1v) is 5.84. The first-order valence-electron chi connectivity index (χ1n) is 5.84. The van der Waals surface area contributed by atoms with E-state index in [0.29, 0.717) is 5.92 Å². The molecule has 2 heterocycles. The van der Waals surface area contributed by atoms with Crippen molar-refractivity contribution >= 4 is 0 Å². The third-order valence-electron chi connectivity index (χ3n) is 3.15. The van der Waals surface area contributed by atoms with E-state index in [1.807, 2.05) is 0 Å². The quantitative estimate of drug-likeness (QED) is 0.741. The number of hydrogen-bond donors (Lipinski definition) is 2. The zero-order valence-electron chi connectivity index (χ0n) is 9.93. The van der Waals surface area contributed by atoms with E-state index in [4.69, 9.17) is 0 Å². The molecule has 1 aliphatic heterocycles. The summed E-state index contributed by atoms with van der Waals surface area (Å²) in [7, 11) is 0. The lowest BCUT2D eigenvalue weighted by atomic mass is 9.89. The average molecular weight is 207 g/mol. The largest absolute Gasteiger partial charge is 0.317 e. The van der Waals surface area contributed by atoms with E-state index in [0.717, 1.165) is 13.1 Å². The van der Waals surface area contributed by atoms with Gasteiger partial charge in [-0.15, -0.1) is 0 Å². The summed E-state index contributed by atoms with van der Waals surface area (Å²) in [6.07, 6.45) is 2.46. The van der Waals surface area contributed by atoms with E-state index >= 15 is 0 Å². The van der Waals surface area contributed by atoms with Gasteiger partial charge in [0.25, 0.3) is 0 Å². The van der Waals surface area contributed by atoms with Crippen LogP contribution in [0.15, 0.2) is 6.07 Å². The van der Waals surface area contributed by atoms with Crippen LogP contribution in [-0.2, 0) is 5.41 Å². The zero-order chi connectivity index (χ0) is 10.9. The Morgan fingerprint density at radius 1 is 1.27 bits per heavy atom. The molecule has 0 saturated carbocycles. The van der Waals surface area contributed by atoms with Crippen LogP contribution in [0.2, 0.25) is 0 Å². The normalized spacial score (nSPS) is 19.4. The molecule has 2 rings (SSSR count). The summed E-state index contributed by atoms with van der Waals surface area (Å²) in [6, 6.07) is 2.25. The van der Waals surface area contributed by atoms with Crippen molar-refractivity contribution in [2.45, 2.75) is 44.9 Å². The van der Waals surface area contributed by atoms with Gasteiger partial charge in [0.1, 0.15) is 0 Å². The number of hydrogen-bond acceptors (Lipinski definition) is 2. The Morgan fingerprint density at radius 2 is 1.93 bits per heavy atom. The molecule has 3 nitrogen and oxygen atoms in total. The van der Waals surface area contributed by atoms with Crippen molar-refractivity contribution in [3.63, 3.8) is 0 Å². The Balaban J connectivity index is 2.12. The number of nitrogens with one attached hydrogen (secondary N) is 2. The fraction of sp³-hybridized carbons (Fsp3) is 0.750. The molecule has 1 fully saturated rings. The zero-order valence-corrected chi connectivity index (χ0v) is 9.93. The maximum Gasteiger partial charge on any atom is 0.0678 e. The van der Waals surface area contributed by atoms with Gasteiger partial charge in [0, 0.05) is 17.0 Å². The lowest BCUT2D eigenvalue weighted by Crippen LogP contribution is -2.26. The monoisotopic (exact) mass is 207 g/mol. The molecule has 0 unspecified atom stereocenters. The van der Waals surface area contributed by atoms with Gasteiger partial charge in [0.15, 0.2) is 0 Å². The van der Waals surface area contributed by atoms with Gasteiger partial charge < -0.3 is 5.32 Å². The third-order valence-corrected chi connectivity index (χ3v) is 3.15. The molecule has 15 heavy (non-hydrogen) atoms. The summed E-state index contributed by atoms with van der Waals surface area (Å²) in [6.45, 7) is 8.88. The Bertz CT molecular complexity index is 316. The number of aromatic amines is 1. The van der Waals surface area contributed by atoms with E-state index in [1.165, 1.54) is 24.2 Å². The molecule has 1 aromatic heterocycles. The maximum atomic E-state index is 4.42. The van der Waals surface area contributed by atoms with Crippen LogP contribution >= 0.6 is 0 Å². The van der Waals surface area contributed by atoms with E-state index in [9.17, 15) is 0 Å². The number of aromatic nitrogens is 2. The van der Waals surface area contributed by atoms with Gasteiger partial charge in [-0.3, -0.25) is 5.10 Å². The van der Waals surface area contributed by atoms with Crippen LogP contribution in [0.4, 0.5) is 0 Å². The summed E-state index contributed by atoms with van der Waals surface area (Å²) in [4.78, 5) is 0. The minimum absolute atomic E-state index is 0.154. The highest BCUT2D eigenvalue weighted by molar-refractivity contribution is 5.19. The van der Waals surface area contributed by atoms with Crippen molar-refractivity contribution in [1.29, 1.82) is 0 Å². The lowest BCUT2D eigenvalue weighted by molar-refractivity contribution is 0.453. The highest BCUT2D eigenvalue weighted by Gasteiger charge is 2.21. The highest BCUT2D eigenvalue weighted by atomic mass is 15.1. The molecule has 0 aromatic carbocycles. The topological polar surface area (TPSA) is 40.7 Å². The fourth-order valence-corrected chi connectivity index (χ4v) is 2.06. The molecule has 2 N–H and O–H groups in total. The number of nitrogens with zero attached hydrogens (tertiary/aromatic N) is 1. The molecule has 0 atom stereocenters. The molecule has 1 saturated heterocycles. The molecule has 1 aliphatic rings. The second-order valence-electron chi connectivity index (χ2n) is 5.48. The number of H-pyrrole nitrogens is 1. The molecule has 84 valence electrons. The molecule has 0 bridgehead atoms. The van der Waals surface area contributed by atoms with Crippen LogP contribution in [0.25, 0.3) is 0 Å². The second-order valence-corrected chi connectivity index (χ2v) is 5.48. The number of rotatable bonds is 1. The number of piperidine rings is 1. The molecule has 0 spiro atoms. The lowest BCUT2D eigenvalue weighted by Gasteiger charge is -2.21. The van der Waals surface area contributed by atoms with E-state index in [-0.39, 0.29) is 5.41 Å². The van der Waals surface area contributed by atoms with E-state index in [1.54, 1.807) is 0 Å². The smallest absolute Gasteiger partial charge is 0.0678 e. The molecule has 3 heteroatoms. The maximum absolute atomic E-state index is 4.42. The van der Waals surface area contributed by atoms with Gasteiger partial charge in [0.2, 0.25) is 0 Å². The fourth-order valence-electron chi connectivity index (χ4n) is 2.06. The summed E-state index contributed by atoms with van der Waals surface area (Å²) in [5.41, 5.74) is 2.65. The van der Waals surface area contributed by atoms with Gasteiger partial charge in [-0.05, 0) is 32.0 Å². The first kappa shape index (κ1) is 10.7. The summed E-state index contributed by atoms with van der Waals surface area (Å²) in [5, 5.41) is 11.0. The van der Waals surface area contributed by atoms with Crippen molar-refractivity contribution in [2.75, 3.05) is 13.1 Å². The van der Waals surface area contributed by atoms with Gasteiger partial charge in [0.05, 0.1) is 5.69 Å². The van der Waals surface area contributed by atoms with Crippen molar-refractivity contribution in [3.05, 3.63) is 17.5 Å². The van der Waals surface area contributed by atoms with Gasteiger partial charge >= 0.3 is 0 Å². The molecular formula is C12H21N3. The Morgan fingerprint density at radius 3 is 2.47 bits per heavy atom. The van der Waals surface area contributed by atoms with Crippen molar-refractivity contribution in [3.8, 4) is 0 Å². The van der Waals surface area contributed by atoms with Crippen LogP contribution in [0, 0.1) is 0 Å². The van der Waals surface area contributed by atoms with E-state index in [2.05, 4.69) is 42.4 Å². The van der Waals surface area contributed by atoms with Crippen LogP contribution in [0.1, 0.15) is 50.9 Å². The van der Waals surface area contributed by atoms with Crippen LogP contribution in [0.5, 0.6) is 0 Å². The SMILES string of the molecule is CC(C)(C)c1cc(C2CCNCC2)[nH]n1. The van der Waals surface area contributed by atoms with Crippen molar-refractivity contribution in [2.24, 2.45) is 0 Å². The first-order chi connectivity index (χ1) is 7.07. The van der Waals surface area contributed by atoms with E-state index < -0.39 is 0 Å². The Kier molecular flexibility index (Phi) is 2.83. The minimum atomic E-state index is 0.154. The predicted molar refractivity (Wildman–Crippen MR) is 62.1 cm³/mol. The molecule has 0 radical (unpaired) electrons. The van der Waals surface area contributed by atoms with Crippen LogP contribution in [0.3, 0.4) is 0 Å². The third kappa shape index (κ3) is 2.40. The molecule has 1 aromatic rings. The molecule has 0 aliphatic carbocycles. The summed E-state index contributed by atoms with van der Waals surface area (Å²) in [5.74, 6) is 0.676. The minimum Gasteiger partial charge on any atom is -0.317 e. The highest BCUT2D eigenvalue weighted by Crippen LogP contribution is 2.27. The van der Waals surface area contributed by atoms with Crippen LogP contribution < -0.4 is 5.32 Å². The van der Waals surface area contributed by atoms with Gasteiger partial charge in [-0.1, -0.05) is 20.8 Å². The molecule has 0 amide bonds. The standard InChI is InChI=1S/C12H21N3/c1-12(2,3)11-8-10(14-15-11)9-4-6-13-7-5-9/h8-9,13H,4-7H2,1-3H3,(H,14,15).